The maximum absolute atomic E-state index is 5.59. The highest BCUT2D eigenvalue weighted by Gasteiger charge is 2.14. The summed E-state index contributed by atoms with van der Waals surface area (Å²) in [7, 11) is 0. The summed E-state index contributed by atoms with van der Waals surface area (Å²) in [4.78, 5) is 0. The Morgan fingerprint density at radius 3 is 2.77 bits per heavy atom. The summed E-state index contributed by atoms with van der Waals surface area (Å²) in [5, 5.41) is 0. The van der Waals surface area contributed by atoms with Crippen LogP contribution in [0.15, 0.2) is 23.8 Å². The molecule has 0 bridgehead atoms. The van der Waals surface area contributed by atoms with Crippen molar-refractivity contribution in [2.45, 2.75) is 33.0 Å². The molecule has 0 heterocycles. The molecule has 2 nitrogen and oxygen atoms in total. The SMILES string of the molecule is CCCOC(OCC)C1=CC=CC1. The fourth-order valence-corrected chi connectivity index (χ4v) is 1.28. The first-order chi connectivity index (χ1) is 6.38. The van der Waals surface area contributed by atoms with Gasteiger partial charge in [0.2, 0.25) is 0 Å². The van der Waals surface area contributed by atoms with Crippen molar-refractivity contribution in [3.05, 3.63) is 23.8 Å². The van der Waals surface area contributed by atoms with Gasteiger partial charge in [0.1, 0.15) is 0 Å². The van der Waals surface area contributed by atoms with Gasteiger partial charge in [-0.3, -0.25) is 0 Å². The minimum Gasteiger partial charge on any atom is -0.349 e. The molecule has 74 valence electrons. The molecule has 0 aromatic rings. The lowest BCUT2D eigenvalue weighted by Gasteiger charge is -2.18. The Labute approximate surface area is 80.2 Å². The van der Waals surface area contributed by atoms with Crippen molar-refractivity contribution in [2.75, 3.05) is 13.2 Å². The van der Waals surface area contributed by atoms with Gasteiger partial charge in [-0.05, 0) is 25.3 Å². The van der Waals surface area contributed by atoms with Crippen molar-refractivity contribution in [3.63, 3.8) is 0 Å². The normalized spacial score (nSPS) is 17.5. The molecule has 0 fully saturated rings. The summed E-state index contributed by atoms with van der Waals surface area (Å²) in [5.74, 6) is 0. The van der Waals surface area contributed by atoms with Crippen molar-refractivity contribution in [1.29, 1.82) is 0 Å². The molecule has 0 spiro atoms. The fraction of sp³-hybridized carbons (Fsp3) is 0.636. The predicted molar refractivity (Wildman–Crippen MR) is 53.5 cm³/mol. The molecule has 1 unspecified atom stereocenters. The average Bonchev–Trinajstić information content (AvgIpc) is 2.65. The number of ether oxygens (including phenoxy) is 2. The standard InChI is InChI=1S/C11H18O2/c1-3-9-13-11(12-4-2)10-7-5-6-8-10/h5-7,11H,3-4,8-9H2,1-2H3. The molecular weight excluding hydrogens is 164 g/mol. The fourth-order valence-electron chi connectivity index (χ4n) is 1.28. The Hall–Kier alpha value is -0.600. The number of hydrogen-bond acceptors (Lipinski definition) is 2. The Kier molecular flexibility index (Phi) is 4.79. The van der Waals surface area contributed by atoms with Crippen molar-refractivity contribution in [2.24, 2.45) is 0 Å². The molecule has 1 aliphatic rings. The monoisotopic (exact) mass is 182 g/mol. The van der Waals surface area contributed by atoms with Crippen molar-refractivity contribution in [3.8, 4) is 0 Å². The van der Waals surface area contributed by atoms with E-state index < -0.39 is 0 Å². The molecule has 0 amide bonds. The summed E-state index contributed by atoms with van der Waals surface area (Å²) in [6.45, 7) is 5.56. The Bertz CT molecular complexity index is 194. The first kappa shape index (κ1) is 10.5. The number of allylic oxidation sites excluding steroid dienone is 3. The van der Waals surface area contributed by atoms with Crippen LogP contribution in [0.4, 0.5) is 0 Å². The molecule has 0 N–H and O–H groups in total. The van der Waals surface area contributed by atoms with Gasteiger partial charge in [0.25, 0.3) is 0 Å². The maximum Gasteiger partial charge on any atom is 0.180 e. The third-order valence-electron chi connectivity index (χ3n) is 1.89. The minimum absolute atomic E-state index is 0.125. The van der Waals surface area contributed by atoms with Crippen LogP contribution in [-0.4, -0.2) is 19.5 Å². The number of hydrogen-bond donors (Lipinski definition) is 0. The highest BCUT2D eigenvalue weighted by Crippen LogP contribution is 2.18. The van der Waals surface area contributed by atoms with Crippen LogP contribution in [0.25, 0.3) is 0 Å². The summed E-state index contributed by atoms with van der Waals surface area (Å²) >= 11 is 0. The van der Waals surface area contributed by atoms with E-state index in [2.05, 4.69) is 25.2 Å². The second-order valence-electron chi connectivity index (χ2n) is 3.03. The molecule has 0 saturated carbocycles. The summed E-state index contributed by atoms with van der Waals surface area (Å²) in [5.41, 5.74) is 1.23. The van der Waals surface area contributed by atoms with Crippen LogP contribution in [0.5, 0.6) is 0 Å². The predicted octanol–water partition coefficient (Wildman–Crippen LogP) is 2.66. The van der Waals surface area contributed by atoms with E-state index in [0.717, 1.165) is 19.4 Å². The number of rotatable bonds is 6. The van der Waals surface area contributed by atoms with Crippen LogP contribution in [0, 0.1) is 0 Å². The second-order valence-corrected chi connectivity index (χ2v) is 3.03. The first-order valence-corrected chi connectivity index (χ1v) is 4.97. The molecule has 0 aromatic carbocycles. The second kappa shape index (κ2) is 5.95. The van der Waals surface area contributed by atoms with Gasteiger partial charge in [0.15, 0.2) is 6.29 Å². The van der Waals surface area contributed by atoms with Gasteiger partial charge in [-0.2, -0.15) is 0 Å². The molecular formula is C11H18O2. The smallest absolute Gasteiger partial charge is 0.180 e. The topological polar surface area (TPSA) is 18.5 Å². The lowest BCUT2D eigenvalue weighted by molar-refractivity contribution is -0.115. The maximum atomic E-state index is 5.59. The lowest BCUT2D eigenvalue weighted by Crippen LogP contribution is -2.19. The van der Waals surface area contributed by atoms with E-state index in [9.17, 15) is 0 Å². The lowest BCUT2D eigenvalue weighted by atomic mass is 10.2. The highest BCUT2D eigenvalue weighted by atomic mass is 16.7. The van der Waals surface area contributed by atoms with E-state index in [1.807, 2.05) is 6.92 Å². The van der Waals surface area contributed by atoms with Gasteiger partial charge < -0.3 is 9.47 Å². The van der Waals surface area contributed by atoms with Crippen LogP contribution < -0.4 is 0 Å². The van der Waals surface area contributed by atoms with E-state index in [1.54, 1.807) is 0 Å². The van der Waals surface area contributed by atoms with Gasteiger partial charge in [0, 0.05) is 13.2 Å². The van der Waals surface area contributed by atoms with Gasteiger partial charge in [-0.25, -0.2) is 0 Å². The van der Waals surface area contributed by atoms with E-state index >= 15 is 0 Å². The zero-order chi connectivity index (χ0) is 9.52. The Balaban J connectivity index is 2.37. The Morgan fingerprint density at radius 2 is 2.23 bits per heavy atom. The molecule has 1 atom stereocenters. The van der Waals surface area contributed by atoms with Crippen molar-refractivity contribution >= 4 is 0 Å². The quantitative estimate of drug-likeness (QED) is 0.588. The highest BCUT2D eigenvalue weighted by molar-refractivity contribution is 5.24. The van der Waals surface area contributed by atoms with E-state index in [0.29, 0.717) is 6.61 Å². The van der Waals surface area contributed by atoms with Gasteiger partial charge >= 0.3 is 0 Å². The van der Waals surface area contributed by atoms with Crippen molar-refractivity contribution in [1.82, 2.24) is 0 Å². The molecule has 2 heteroatoms. The van der Waals surface area contributed by atoms with Crippen LogP contribution >= 0.6 is 0 Å². The van der Waals surface area contributed by atoms with Crippen molar-refractivity contribution < 1.29 is 9.47 Å². The molecule has 0 saturated heterocycles. The summed E-state index contributed by atoms with van der Waals surface area (Å²) in [6, 6.07) is 0. The first-order valence-electron chi connectivity index (χ1n) is 4.97. The largest absolute Gasteiger partial charge is 0.349 e. The van der Waals surface area contributed by atoms with Crippen LogP contribution in [-0.2, 0) is 9.47 Å². The van der Waals surface area contributed by atoms with E-state index in [-0.39, 0.29) is 6.29 Å². The summed E-state index contributed by atoms with van der Waals surface area (Å²) < 4.78 is 11.1. The van der Waals surface area contributed by atoms with E-state index in [4.69, 9.17) is 9.47 Å². The van der Waals surface area contributed by atoms with Gasteiger partial charge in [-0.1, -0.05) is 25.2 Å². The molecule has 1 aliphatic carbocycles. The third kappa shape index (κ3) is 3.33. The molecule has 1 rings (SSSR count). The van der Waals surface area contributed by atoms with Crippen LogP contribution in [0.3, 0.4) is 0 Å². The average molecular weight is 182 g/mol. The third-order valence-corrected chi connectivity index (χ3v) is 1.89. The molecule has 0 radical (unpaired) electrons. The van der Waals surface area contributed by atoms with Gasteiger partial charge in [0.05, 0.1) is 0 Å². The van der Waals surface area contributed by atoms with Crippen LogP contribution in [0.1, 0.15) is 26.7 Å². The van der Waals surface area contributed by atoms with E-state index in [1.165, 1.54) is 5.57 Å². The minimum atomic E-state index is -0.125. The summed E-state index contributed by atoms with van der Waals surface area (Å²) in [6.07, 6.45) is 8.13. The molecule has 0 aromatic heterocycles. The zero-order valence-corrected chi connectivity index (χ0v) is 8.45. The molecule has 0 aliphatic heterocycles. The zero-order valence-electron chi connectivity index (χ0n) is 8.45. The Morgan fingerprint density at radius 1 is 1.38 bits per heavy atom. The van der Waals surface area contributed by atoms with Crippen LogP contribution in [0.2, 0.25) is 0 Å². The van der Waals surface area contributed by atoms with Gasteiger partial charge in [-0.15, -0.1) is 0 Å². The molecule has 13 heavy (non-hydrogen) atoms.